The van der Waals surface area contributed by atoms with Crippen LogP contribution in [0, 0.1) is 0 Å². The standard InChI is InChI=1S/C13H18N4S/c1-3-4-7-14-13(18)16-11-6-5-10-9-15-17(2)12(10)8-11/h5-6,8-9H,3-4,7H2,1-2H3,(H2,14,16,18). The summed E-state index contributed by atoms with van der Waals surface area (Å²) in [4.78, 5) is 0. The Hall–Kier alpha value is -1.62. The summed E-state index contributed by atoms with van der Waals surface area (Å²) in [6.07, 6.45) is 4.15. The molecule has 0 saturated carbocycles. The number of aromatic nitrogens is 2. The summed E-state index contributed by atoms with van der Waals surface area (Å²) < 4.78 is 1.86. The molecule has 0 aliphatic rings. The number of nitrogens with one attached hydrogen (secondary N) is 2. The van der Waals surface area contributed by atoms with E-state index in [0.717, 1.165) is 36.0 Å². The molecule has 5 heteroatoms. The second-order valence-corrected chi connectivity index (χ2v) is 4.68. The quantitative estimate of drug-likeness (QED) is 0.656. The van der Waals surface area contributed by atoms with Crippen LogP contribution in [0.1, 0.15) is 19.8 Å². The summed E-state index contributed by atoms with van der Waals surface area (Å²) in [5, 5.41) is 12.4. The normalized spacial score (nSPS) is 10.6. The van der Waals surface area contributed by atoms with E-state index in [9.17, 15) is 0 Å². The van der Waals surface area contributed by atoms with E-state index in [-0.39, 0.29) is 0 Å². The van der Waals surface area contributed by atoms with E-state index >= 15 is 0 Å². The Balaban J connectivity index is 2.02. The van der Waals surface area contributed by atoms with Crippen molar-refractivity contribution in [2.75, 3.05) is 11.9 Å². The van der Waals surface area contributed by atoms with Crippen molar-refractivity contribution >= 4 is 33.9 Å². The average Bonchev–Trinajstić information content (AvgIpc) is 2.71. The third-order valence-electron chi connectivity index (χ3n) is 2.82. The molecule has 18 heavy (non-hydrogen) atoms. The first-order valence-corrected chi connectivity index (χ1v) is 6.58. The Labute approximate surface area is 112 Å². The van der Waals surface area contributed by atoms with Crippen LogP contribution in [0.3, 0.4) is 0 Å². The molecule has 0 radical (unpaired) electrons. The number of anilines is 1. The molecule has 0 saturated heterocycles. The smallest absolute Gasteiger partial charge is 0.170 e. The summed E-state index contributed by atoms with van der Waals surface area (Å²) in [5.74, 6) is 0. The van der Waals surface area contributed by atoms with Gasteiger partial charge in [0.15, 0.2) is 5.11 Å². The topological polar surface area (TPSA) is 41.9 Å². The number of rotatable bonds is 4. The summed E-state index contributed by atoms with van der Waals surface area (Å²) >= 11 is 5.24. The highest BCUT2D eigenvalue weighted by Gasteiger charge is 2.02. The number of hydrogen-bond acceptors (Lipinski definition) is 2. The van der Waals surface area contributed by atoms with Crippen LogP contribution >= 0.6 is 12.2 Å². The van der Waals surface area contributed by atoms with E-state index in [2.05, 4.69) is 28.7 Å². The second kappa shape index (κ2) is 5.82. The molecule has 0 fully saturated rings. The highest BCUT2D eigenvalue weighted by atomic mass is 32.1. The first-order valence-electron chi connectivity index (χ1n) is 6.17. The molecule has 0 spiro atoms. The van der Waals surface area contributed by atoms with Gasteiger partial charge in [0.2, 0.25) is 0 Å². The van der Waals surface area contributed by atoms with E-state index in [1.54, 1.807) is 0 Å². The van der Waals surface area contributed by atoms with E-state index in [1.807, 2.05) is 30.1 Å². The van der Waals surface area contributed by atoms with Crippen LogP contribution in [0.25, 0.3) is 10.9 Å². The minimum absolute atomic E-state index is 0.671. The first-order chi connectivity index (χ1) is 8.70. The number of aryl methyl sites for hydroxylation is 1. The monoisotopic (exact) mass is 262 g/mol. The molecular weight excluding hydrogens is 244 g/mol. The third-order valence-corrected chi connectivity index (χ3v) is 3.07. The molecule has 4 nitrogen and oxygen atoms in total. The maximum atomic E-state index is 5.24. The van der Waals surface area contributed by atoms with Gasteiger partial charge in [-0.2, -0.15) is 5.10 Å². The lowest BCUT2D eigenvalue weighted by atomic mass is 10.2. The molecule has 2 aromatic rings. The number of unbranched alkanes of at least 4 members (excludes halogenated alkanes) is 1. The lowest BCUT2D eigenvalue weighted by Crippen LogP contribution is -2.29. The largest absolute Gasteiger partial charge is 0.362 e. The Bertz CT molecular complexity index is 547. The molecule has 1 aromatic heterocycles. The lowest BCUT2D eigenvalue weighted by Gasteiger charge is -2.10. The number of hydrogen-bond donors (Lipinski definition) is 2. The van der Waals surface area contributed by atoms with E-state index in [0.29, 0.717) is 5.11 Å². The van der Waals surface area contributed by atoms with Crippen molar-refractivity contribution in [3.8, 4) is 0 Å². The van der Waals surface area contributed by atoms with Gasteiger partial charge in [-0.3, -0.25) is 4.68 Å². The molecule has 2 N–H and O–H groups in total. The fourth-order valence-electron chi connectivity index (χ4n) is 1.78. The Morgan fingerprint density at radius 3 is 3.06 bits per heavy atom. The zero-order valence-corrected chi connectivity index (χ0v) is 11.5. The Morgan fingerprint density at radius 2 is 2.28 bits per heavy atom. The summed E-state index contributed by atoms with van der Waals surface area (Å²) in [6, 6.07) is 6.10. The van der Waals surface area contributed by atoms with Crippen LogP contribution < -0.4 is 10.6 Å². The van der Waals surface area contributed by atoms with Crippen molar-refractivity contribution in [1.29, 1.82) is 0 Å². The number of fused-ring (bicyclic) bond motifs is 1. The van der Waals surface area contributed by atoms with Crippen LogP contribution in [0.5, 0.6) is 0 Å². The average molecular weight is 262 g/mol. The van der Waals surface area contributed by atoms with Crippen molar-refractivity contribution in [2.24, 2.45) is 7.05 Å². The fourth-order valence-corrected chi connectivity index (χ4v) is 2.00. The van der Waals surface area contributed by atoms with Gasteiger partial charge in [-0.25, -0.2) is 0 Å². The van der Waals surface area contributed by atoms with Gasteiger partial charge in [0, 0.05) is 24.7 Å². The Kier molecular flexibility index (Phi) is 4.15. The van der Waals surface area contributed by atoms with Crippen LogP contribution in [-0.2, 0) is 7.05 Å². The predicted octanol–water partition coefficient (Wildman–Crippen LogP) is 2.66. The molecule has 0 bridgehead atoms. The summed E-state index contributed by atoms with van der Waals surface area (Å²) in [5.41, 5.74) is 2.08. The minimum Gasteiger partial charge on any atom is -0.362 e. The maximum absolute atomic E-state index is 5.24. The van der Waals surface area contributed by atoms with Gasteiger partial charge in [-0.15, -0.1) is 0 Å². The van der Waals surface area contributed by atoms with Gasteiger partial charge in [0.25, 0.3) is 0 Å². The molecular formula is C13H18N4S. The SMILES string of the molecule is CCCCNC(=S)Nc1ccc2cnn(C)c2c1. The van der Waals surface area contributed by atoms with Crippen LogP contribution in [0.4, 0.5) is 5.69 Å². The molecule has 0 atom stereocenters. The molecule has 0 amide bonds. The fraction of sp³-hybridized carbons (Fsp3) is 0.385. The van der Waals surface area contributed by atoms with Crippen LogP contribution in [0.15, 0.2) is 24.4 Å². The number of nitrogens with zero attached hydrogens (tertiary/aromatic N) is 2. The predicted molar refractivity (Wildman–Crippen MR) is 79.8 cm³/mol. The zero-order valence-electron chi connectivity index (χ0n) is 10.7. The van der Waals surface area contributed by atoms with Crippen molar-refractivity contribution in [2.45, 2.75) is 19.8 Å². The van der Waals surface area contributed by atoms with Crippen molar-refractivity contribution < 1.29 is 0 Å². The lowest BCUT2D eigenvalue weighted by molar-refractivity contribution is 0.758. The minimum atomic E-state index is 0.671. The van der Waals surface area contributed by atoms with Gasteiger partial charge in [0.1, 0.15) is 0 Å². The summed E-state index contributed by atoms with van der Waals surface area (Å²) in [6.45, 7) is 3.07. The van der Waals surface area contributed by atoms with Crippen molar-refractivity contribution in [1.82, 2.24) is 15.1 Å². The third kappa shape index (κ3) is 2.98. The number of thiocarbonyl (C=S) groups is 1. The molecule has 1 heterocycles. The van der Waals surface area contributed by atoms with Crippen molar-refractivity contribution in [3.05, 3.63) is 24.4 Å². The first kappa shape index (κ1) is 12.8. The van der Waals surface area contributed by atoms with E-state index < -0.39 is 0 Å². The van der Waals surface area contributed by atoms with Gasteiger partial charge < -0.3 is 10.6 Å². The molecule has 2 rings (SSSR count). The molecule has 96 valence electrons. The van der Waals surface area contributed by atoms with Gasteiger partial charge in [-0.05, 0) is 36.8 Å². The highest BCUT2D eigenvalue weighted by molar-refractivity contribution is 7.80. The highest BCUT2D eigenvalue weighted by Crippen LogP contribution is 2.18. The van der Waals surface area contributed by atoms with E-state index in [4.69, 9.17) is 12.2 Å². The second-order valence-electron chi connectivity index (χ2n) is 4.28. The maximum Gasteiger partial charge on any atom is 0.170 e. The molecule has 0 aliphatic heterocycles. The zero-order chi connectivity index (χ0) is 13.0. The summed E-state index contributed by atoms with van der Waals surface area (Å²) in [7, 11) is 1.93. The van der Waals surface area contributed by atoms with Gasteiger partial charge in [0.05, 0.1) is 11.7 Å². The van der Waals surface area contributed by atoms with Crippen LogP contribution in [0.2, 0.25) is 0 Å². The van der Waals surface area contributed by atoms with Crippen molar-refractivity contribution in [3.63, 3.8) is 0 Å². The van der Waals surface area contributed by atoms with Gasteiger partial charge in [-0.1, -0.05) is 13.3 Å². The van der Waals surface area contributed by atoms with Gasteiger partial charge >= 0.3 is 0 Å². The Morgan fingerprint density at radius 1 is 1.44 bits per heavy atom. The van der Waals surface area contributed by atoms with Crippen LogP contribution in [-0.4, -0.2) is 21.4 Å². The van der Waals surface area contributed by atoms with E-state index in [1.165, 1.54) is 0 Å². The molecule has 0 aliphatic carbocycles. The molecule has 1 aromatic carbocycles. The number of benzene rings is 1. The molecule has 0 unspecified atom stereocenters.